The molecule has 1 aromatic rings. The Bertz CT molecular complexity index is 275. The van der Waals surface area contributed by atoms with Crippen molar-refractivity contribution in [2.75, 3.05) is 33.5 Å². The normalized spacial score (nSPS) is 10.6. The number of methoxy groups -OCH3 is 1. The molecule has 1 heterocycles. The second kappa shape index (κ2) is 8.21. The lowest BCUT2D eigenvalue weighted by molar-refractivity contribution is 0.0719. The van der Waals surface area contributed by atoms with Crippen molar-refractivity contribution in [3.63, 3.8) is 0 Å². The van der Waals surface area contributed by atoms with Gasteiger partial charge in [0, 0.05) is 32.1 Å². The highest BCUT2D eigenvalue weighted by atomic mass is 16.5. The number of hydrogen-bond donors (Lipinski definition) is 1. The lowest BCUT2D eigenvalue weighted by Gasteiger charge is -2.06. The third-order valence-corrected chi connectivity index (χ3v) is 2.16. The van der Waals surface area contributed by atoms with E-state index < -0.39 is 0 Å². The maximum Gasteiger partial charge on any atom is 0.0700 e. The minimum Gasteiger partial charge on any atom is -0.382 e. The first-order chi connectivity index (χ1) is 7.83. The summed E-state index contributed by atoms with van der Waals surface area (Å²) >= 11 is 0. The summed E-state index contributed by atoms with van der Waals surface area (Å²) in [6.07, 6.45) is 1.90. The molecule has 1 rings (SSSR count). The van der Waals surface area contributed by atoms with Crippen LogP contribution in [-0.2, 0) is 16.0 Å². The Kier molecular flexibility index (Phi) is 6.72. The molecule has 4 heteroatoms. The van der Waals surface area contributed by atoms with E-state index in [1.54, 1.807) is 7.11 Å². The minimum atomic E-state index is 0.655. The van der Waals surface area contributed by atoms with Crippen molar-refractivity contribution >= 4 is 0 Å². The molecule has 0 aliphatic heterocycles. The molecule has 0 aliphatic carbocycles. The summed E-state index contributed by atoms with van der Waals surface area (Å²) in [6.45, 7) is 5.69. The lowest BCUT2D eigenvalue weighted by Crippen LogP contribution is -2.20. The first-order valence-corrected chi connectivity index (χ1v) is 5.52. The Hall–Kier alpha value is -0.970. The van der Waals surface area contributed by atoms with Gasteiger partial charge in [-0.05, 0) is 18.6 Å². The van der Waals surface area contributed by atoms with E-state index in [4.69, 9.17) is 9.47 Å². The molecular formula is C12H20N2O2. The molecule has 0 fully saturated rings. The number of aryl methyl sites for hydroxylation is 1. The highest BCUT2D eigenvalue weighted by Crippen LogP contribution is 1.97. The summed E-state index contributed by atoms with van der Waals surface area (Å²) in [4.78, 5) is 4.23. The van der Waals surface area contributed by atoms with E-state index in [-0.39, 0.29) is 0 Å². The molecule has 0 radical (unpaired) electrons. The van der Waals surface area contributed by atoms with Crippen LogP contribution in [0.2, 0.25) is 0 Å². The van der Waals surface area contributed by atoms with Crippen molar-refractivity contribution in [1.29, 1.82) is 0 Å². The highest BCUT2D eigenvalue weighted by Gasteiger charge is 1.93. The molecule has 0 bridgehead atoms. The lowest BCUT2D eigenvalue weighted by atomic mass is 10.2. The van der Waals surface area contributed by atoms with E-state index in [9.17, 15) is 0 Å². The van der Waals surface area contributed by atoms with Crippen LogP contribution in [0.5, 0.6) is 0 Å². The molecule has 0 aliphatic rings. The summed E-state index contributed by atoms with van der Waals surface area (Å²) in [5, 5.41) is 3.29. The van der Waals surface area contributed by atoms with E-state index in [2.05, 4.69) is 16.4 Å². The predicted molar refractivity (Wildman–Crippen MR) is 63.4 cm³/mol. The van der Waals surface area contributed by atoms with Crippen LogP contribution in [0, 0.1) is 6.92 Å². The smallest absolute Gasteiger partial charge is 0.0700 e. The van der Waals surface area contributed by atoms with Crippen LogP contribution < -0.4 is 5.32 Å². The summed E-state index contributed by atoms with van der Waals surface area (Å²) in [5.74, 6) is 0. The standard InChI is InChI=1S/C12H20N2O2/c1-11-3-4-12(10-14-11)9-13-5-6-16-8-7-15-2/h3-4,10,13H,5-9H2,1-2H3. The predicted octanol–water partition coefficient (Wildman–Crippen LogP) is 1.14. The summed E-state index contributed by atoms with van der Waals surface area (Å²) in [7, 11) is 1.67. The molecule has 1 aromatic heterocycles. The third-order valence-electron chi connectivity index (χ3n) is 2.16. The molecule has 0 atom stereocenters. The Balaban J connectivity index is 2.01. The molecule has 0 unspecified atom stereocenters. The van der Waals surface area contributed by atoms with Crippen molar-refractivity contribution in [3.05, 3.63) is 29.6 Å². The van der Waals surface area contributed by atoms with Crippen molar-refractivity contribution < 1.29 is 9.47 Å². The Morgan fingerprint density at radius 1 is 1.25 bits per heavy atom. The number of aromatic nitrogens is 1. The Morgan fingerprint density at radius 2 is 2.12 bits per heavy atom. The van der Waals surface area contributed by atoms with Gasteiger partial charge < -0.3 is 14.8 Å². The number of nitrogens with one attached hydrogen (secondary N) is 1. The zero-order valence-corrected chi connectivity index (χ0v) is 10.0. The molecule has 0 saturated carbocycles. The Morgan fingerprint density at radius 3 is 2.81 bits per heavy atom. The van der Waals surface area contributed by atoms with Crippen molar-refractivity contribution in [1.82, 2.24) is 10.3 Å². The van der Waals surface area contributed by atoms with E-state index in [1.165, 1.54) is 5.56 Å². The maximum atomic E-state index is 5.33. The second-order valence-electron chi connectivity index (χ2n) is 3.59. The fourth-order valence-corrected chi connectivity index (χ4v) is 1.22. The molecule has 0 saturated heterocycles. The maximum absolute atomic E-state index is 5.33. The van der Waals surface area contributed by atoms with E-state index in [0.717, 1.165) is 18.8 Å². The molecule has 90 valence electrons. The van der Waals surface area contributed by atoms with Gasteiger partial charge in [-0.1, -0.05) is 6.07 Å². The van der Waals surface area contributed by atoms with Gasteiger partial charge in [0.25, 0.3) is 0 Å². The van der Waals surface area contributed by atoms with Gasteiger partial charge in [0.2, 0.25) is 0 Å². The van der Waals surface area contributed by atoms with Crippen LogP contribution >= 0.6 is 0 Å². The average Bonchev–Trinajstić information content (AvgIpc) is 2.30. The van der Waals surface area contributed by atoms with Crippen LogP contribution in [0.3, 0.4) is 0 Å². The number of hydrogen-bond acceptors (Lipinski definition) is 4. The van der Waals surface area contributed by atoms with Crippen LogP contribution in [-0.4, -0.2) is 38.5 Å². The van der Waals surface area contributed by atoms with Gasteiger partial charge in [0.05, 0.1) is 19.8 Å². The van der Waals surface area contributed by atoms with Gasteiger partial charge in [-0.25, -0.2) is 0 Å². The van der Waals surface area contributed by atoms with Crippen LogP contribution in [0.15, 0.2) is 18.3 Å². The average molecular weight is 224 g/mol. The van der Waals surface area contributed by atoms with Gasteiger partial charge in [0.15, 0.2) is 0 Å². The van der Waals surface area contributed by atoms with Gasteiger partial charge in [-0.2, -0.15) is 0 Å². The summed E-state index contributed by atoms with van der Waals surface area (Å²) < 4.78 is 10.2. The highest BCUT2D eigenvalue weighted by molar-refractivity contribution is 5.12. The summed E-state index contributed by atoms with van der Waals surface area (Å²) in [6, 6.07) is 4.10. The number of rotatable bonds is 8. The van der Waals surface area contributed by atoms with Gasteiger partial charge in [-0.3, -0.25) is 4.98 Å². The monoisotopic (exact) mass is 224 g/mol. The van der Waals surface area contributed by atoms with Crippen LogP contribution in [0.1, 0.15) is 11.3 Å². The molecule has 4 nitrogen and oxygen atoms in total. The first kappa shape index (κ1) is 13.1. The van der Waals surface area contributed by atoms with Gasteiger partial charge in [-0.15, -0.1) is 0 Å². The molecule has 16 heavy (non-hydrogen) atoms. The second-order valence-corrected chi connectivity index (χ2v) is 3.59. The van der Waals surface area contributed by atoms with Gasteiger partial charge >= 0.3 is 0 Å². The fraction of sp³-hybridized carbons (Fsp3) is 0.583. The Labute approximate surface area is 97.0 Å². The van der Waals surface area contributed by atoms with Crippen molar-refractivity contribution in [2.24, 2.45) is 0 Å². The van der Waals surface area contributed by atoms with E-state index in [0.29, 0.717) is 19.8 Å². The van der Waals surface area contributed by atoms with E-state index in [1.807, 2.05) is 19.2 Å². The SMILES string of the molecule is COCCOCCNCc1ccc(C)nc1. The van der Waals surface area contributed by atoms with Crippen molar-refractivity contribution in [2.45, 2.75) is 13.5 Å². The first-order valence-electron chi connectivity index (χ1n) is 5.52. The molecule has 0 aromatic carbocycles. The van der Waals surface area contributed by atoms with Gasteiger partial charge in [0.1, 0.15) is 0 Å². The third kappa shape index (κ3) is 5.80. The van der Waals surface area contributed by atoms with E-state index >= 15 is 0 Å². The van der Waals surface area contributed by atoms with Crippen LogP contribution in [0.25, 0.3) is 0 Å². The zero-order chi connectivity index (χ0) is 11.6. The molecule has 0 amide bonds. The summed E-state index contributed by atoms with van der Waals surface area (Å²) in [5.41, 5.74) is 2.24. The van der Waals surface area contributed by atoms with Crippen molar-refractivity contribution in [3.8, 4) is 0 Å². The fourth-order valence-electron chi connectivity index (χ4n) is 1.22. The molecule has 1 N–H and O–H groups in total. The van der Waals surface area contributed by atoms with Crippen LogP contribution in [0.4, 0.5) is 0 Å². The quantitative estimate of drug-likeness (QED) is 0.673. The topological polar surface area (TPSA) is 43.4 Å². The number of pyridine rings is 1. The largest absolute Gasteiger partial charge is 0.382 e. The number of ether oxygens (including phenoxy) is 2. The number of nitrogens with zero attached hydrogens (tertiary/aromatic N) is 1. The zero-order valence-electron chi connectivity index (χ0n) is 10.0. The molecule has 0 spiro atoms. The minimum absolute atomic E-state index is 0.655. The molecular weight excluding hydrogens is 204 g/mol.